The molecule has 2 rings (SSSR count). The van der Waals surface area contributed by atoms with Crippen LogP contribution in [0.2, 0.25) is 10.0 Å². The number of hydrogen-bond acceptors (Lipinski definition) is 6. The fraction of sp³-hybridized carbons (Fsp3) is 0.235. The van der Waals surface area contributed by atoms with Crippen LogP contribution in [0.25, 0.3) is 16.8 Å². The first-order valence-corrected chi connectivity index (χ1v) is 8.27. The second kappa shape index (κ2) is 8.24. The minimum absolute atomic E-state index is 0.0462. The summed E-state index contributed by atoms with van der Waals surface area (Å²) in [4.78, 5) is 25.4. The lowest BCUT2D eigenvalue weighted by Gasteiger charge is -2.12. The van der Waals surface area contributed by atoms with Crippen LogP contribution in [0.3, 0.4) is 0 Å². The molecule has 28 heavy (non-hydrogen) atoms. The molecule has 0 saturated carbocycles. The number of esters is 1. The number of aromatic nitrogens is 1. The van der Waals surface area contributed by atoms with Crippen molar-refractivity contribution in [2.45, 2.75) is 6.18 Å². The van der Waals surface area contributed by atoms with Crippen LogP contribution >= 0.6 is 23.2 Å². The van der Waals surface area contributed by atoms with Crippen molar-refractivity contribution in [2.75, 3.05) is 21.2 Å². The van der Waals surface area contributed by atoms with E-state index in [0.717, 1.165) is 13.3 Å². The monoisotopic (exact) mass is 436 g/mol. The van der Waals surface area contributed by atoms with Crippen molar-refractivity contribution in [2.24, 2.45) is 0 Å². The van der Waals surface area contributed by atoms with Gasteiger partial charge in [0.1, 0.15) is 11.3 Å². The van der Waals surface area contributed by atoms with E-state index in [-0.39, 0.29) is 21.3 Å². The molecule has 1 aromatic carbocycles. The minimum atomic E-state index is -5.22. The van der Waals surface area contributed by atoms with Crippen LogP contribution < -0.4 is 0 Å². The molecule has 0 atom stereocenters. The standard InChI is InChI=1S/C17H13Cl2F3N2O4/c1-24(2)7-8(15(25)17(20,21)22)14-12(16(26)27-3)13(23-28-14)11-9(18)5-4-6-10(11)19/h4-7H,1-3H3. The number of ether oxygens (including phenoxy) is 1. The maximum absolute atomic E-state index is 13.1. The van der Waals surface area contributed by atoms with Crippen LogP contribution in [0, 0.1) is 0 Å². The zero-order chi connectivity index (χ0) is 21.2. The molecule has 1 heterocycles. The number of halogens is 5. The number of carbonyl (C=O) groups excluding carboxylic acids is 2. The third-order valence-corrected chi connectivity index (χ3v) is 4.05. The summed E-state index contributed by atoms with van der Waals surface area (Å²) < 4.78 is 48.9. The normalized spacial score (nSPS) is 12.1. The van der Waals surface area contributed by atoms with Gasteiger partial charge in [0.15, 0.2) is 5.76 Å². The Hall–Kier alpha value is -2.52. The van der Waals surface area contributed by atoms with Gasteiger partial charge >= 0.3 is 12.1 Å². The van der Waals surface area contributed by atoms with Gasteiger partial charge in [-0.1, -0.05) is 34.4 Å². The molecule has 0 amide bonds. The van der Waals surface area contributed by atoms with Crippen molar-refractivity contribution in [3.8, 4) is 11.3 Å². The maximum atomic E-state index is 13.1. The fourth-order valence-electron chi connectivity index (χ4n) is 2.29. The average Bonchev–Trinajstić information content (AvgIpc) is 3.01. The molecule has 0 aliphatic carbocycles. The molecule has 1 aromatic heterocycles. The number of ketones is 1. The first-order valence-electron chi connectivity index (χ1n) is 7.51. The van der Waals surface area contributed by atoms with E-state index < -0.39 is 34.8 Å². The Morgan fingerprint density at radius 1 is 1.21 bits per heavy atom. The van der Waals surface area contributed by atoms with Gasteiger partial charge in [-0.05, 0) is 12.1 Å². The largest absolute Gasteiger partial charge is 0.465 e. The molecule has 2 aromatic rings. The van der Waals surface area contributed by atoms with Crippen LogP contribution in [0.1, 0.15) is 16.1 Å². The van der Waals surface area contributed by atoms with Crippen molar-refractivity contribution >= 4 is 40.5 Å². The molecule has 0 radical (unpaired) electrons. The van der Waals surface area contributed by atoms with Crippen LogP contribution in [-0.4, -0.2) is 49.2 Å². The van der Waals surface area contributed by atoms with Crippen molar-refractivity contribution < 1.29 is 32.0 Å². The SMILES string of the molecule is COC(=O)c1c(-c2c(Cl)cccc2Cl)noc1C(=CN(C)C)C(=O)C(F)(F)F. The van der Waals surface area contributed by atoms with E-state index in [2.05, 4.69) is 9.89 Å². The lowest BCUT2D eigenvalue weighted by Crippen LogP contribution is -2.25. The van der Waals surface area contributed by atoms with Gasteiger partial charge in [-0.3, -0.25) is 4.79 Å². The molecule has 0 aliphatic rings. The van der Waals surface area contributed by atoms with E-state index in [1.807, 2.05) is 0 Å². The summed E-state index contributed by atoms with van der Waals surface area (Å²) in [5.74, 6) is -4.02. The minimum Gasteiger partial charge on any atom is -0.465 e. The first-order chi connectivity index (χ1) is 13.0. The molecule has 150 valence electrons. The van der Waals surface area contributed by atoms with E-state index >= 15 is 0 Å². The summed E-state index contributed by atoms with van der Waals surface area (Å²) in [6, 6.07) is 4.41. The van der Waals surface area contributed by atoms with E-state index in [0.29, 0.717) is 0 Å². The predicted molar refractivity (Wildman–Crippen MR) is 96.0 cm³/mol. The summed E-state index contributed by atoms with van der Waals surface area (Å²) in [5, 5.41) is 3.78. The van der Waals surface area contributed by atoms with Crippen LogP contribution in [-0.2, 0) is 9.53 Å². The number of benzene rings is 1. The van der Waals surface area contributed by atoms with E-state index in [4.69, 9.17) is 27.7 Å². The summed E-state index contributed by atoms with van der Waals surface area (Å²) in [5.41, 5.74) is -1.65. The number of nitrogens with zero attached hydrogens (tertiary/aromatic N) is 2. The highest BCUT2D eigenvalue weighted by Crippen LogP contribution is 2.39. The number of alkyl halides is 3. The van der Waals surface area contributed by atoms with Gasteiger partial charge in [0.25, 0.3) is 5.78 Å². The van der Waals surface area contributed by atoms with Crippen LogP contribution in [0.15, 0.2) is 28.9 Å². The van der Waals surface area contributed by atoms with Crippen molar-refractivity contribution in [3.63, 3.8) is 0 Å². The first kappa shape index (κ1) is 21.8. The molecule has 0 aliphatic heterocycles. The average molecular weight is 437 g/mol. The van der Waals surface area contributed by atoms with Crippen molar-refractivity contribution in [1.29, 1.82) is 0 Å². The Kier molecular flexibility index (Phi) is 6.41. The number of Topliss-reactive ketones (excluding diaryl/α,β-unsaturated/α-hetero) is 1. The molecule has 0 saturated heterocycles. The van der Waals surface area contributed by atoms with E-state index in [1.54, 1.807) is 0 Å². The highest BCUT2D eigenvalue weighted by atomic mass is 35.5. The third kappa shape index (κ3) is 4.31. The quantitative estimate of drug-likeness (QED) is 0.508. The van der Waals surface area contributed by atoms with Gasteiger partial charge < -0.3 is 14.2 Å². The molecule has 0 bridgehead atoms. The summed E-state index contributed by atoms with van der Waals surface area (Å²) in [6.45, 7) is 0. The summed E-state index contributed by atoms with van der Waals surface area (Å²) in [7, 11) is 3.80. The molecular formula is C17H13Cl2F3N2O4. The van der Waals surface area contributed by atoms with Gasteiger partial charge in [0.2, 0.25) is 0 Å². The van der Waals surface area contributed by atoms with Gasteiger partial charge in [-0.2, -0.15) is 13.2 Å². The maximum Gasteiger partial charge on any atom is 0.455 e. The lowest BCUT2D eigenvalue weighted by atomic mass is 10.00. The van der Waals surface area contributed by atoms with Crippen molar-refractivity contribution in [3.05, 3.63) is 45.8 Å². The Bertz CT molecular complexity index is 932. The number of methoxy groups -OCH3 is 1. The molecule has 11 heteroatoms. The summed E-state index contributed by atoms with van der Waals surface area (Å²) >= 11 is 12.2. The highest BCUT2D eigenvalue weighted by molar-refractivity contribution is 6.39. The second-order valence-electron chi connectivity index (χ2n) is 5.66. The Morgan fingerprint density at radius 3 is 2.25 bits per heavy atom. The smallest absolute Gasteiger partial charge is 0.455 e. The van der Waals surface area contributed by atoms with E-state index in [1.165, 1.54) is 37.2 Å². The molecule has 6 nitrogen and oxygen atoms in total. The highest BCUT2D eigenvalue weighted by Gasteiger charge is 2.44. The van der Waals surface area contributed by atoms with E-state index in [9.17, 15) is 22.8 Å². The second-order valence-corrected chi connectivity index (χ2v) is 6.47. The molecular weight excluding hydrogens is 424 g/mol. The Balaban J connectivity index is 2.83. The Labute approximate surface area is 167 Å². The van der Waals surface area contributed by atoms with Gasteiger partial charge in [-0.25, -0.2) is 4.79 Å². The topological polar surface area (TPSA) is 72.6 Å². The van der Waals surface area contributed by atoms with Gasteiger partial charge in [0.05, 0.1) is 22.7 Å². The zero-order valence-corrected chi connectivity index (χ0v) is 16.2. The molecule has 0 unspecified atom stereocenters. The lowest BCUT2D eigenvalue weighted by molar-refractivity contribution is -0.164. The number of rotatable bonds is 5. The predicted octanol–water partition coefficient (Wildman–Crippen LogP) is 4.47. The molecule has 0 fully saturated rings. The summed E-state index contributed by atoms with van der Waals surface area (Å²) in [6.07, 6.45) is -4.36. The zero-order valence-electron chi connectivity index (χ0n) is 14.7. The number of allylic oxidation sites excluding steroid dienone is 1. The van der Waals surface area contributed by atoms with Gasteiger partial charge in [-0.15, -0.1) is 0 Å². The number of carbonyl (C=O) groups is 2. The third-order valence-electron chi connectivity index (χ3n) is 3.42. The van der Waals surface area contributed by atoms with Crippen LogP contribution in [0.5, 0.6) is 0 Å². The molecule has 0 N–H and O–H groups in total. The van der Waals surface area contributed by atoms with Gasteiger partial charge in [0, 0.05) is 25.9 Å². The Morgan fingerprint density at radius 2 is 1.79 bits per heavy atom. The fourth-order valence-corrected chi connectivity index (χ4v) is 2.87. The number of hydrogen-bond donors (Lipinski definition) is 0. The van der Waals surface area contributed by atoms with Crippen molar-refractivity contribution in [1.82, 2.24) is 10.1 Å². The molecule has 0 spiro atoms. The van der Waals surface area contributed by atoms with Crippen LogP contribution in [0.4, 0.5) is 13.2 Å².